The van der Waals surface area contributed by atoms with E-state index in [0.717, 1.165) is 30.4 Å². The first-order valence-electron chi connectivity index (χ1n) is 6.74. The van der Waals surface area contributed by atoms with Crippen LogP contribution in [0.15, 0.2) is 18.3 Å². The molecule has 0 fully saturated rings. The molecule has 0 saturated heterocycles. The molecule has 0 spiro atoms. The molecule has 0 amide bonds. The Balaban J connectivity index is 1.99. The van der Waals surface area contributed by atoms with Crippen molar-refractivity contribution in [2.24, 2.45) is 5.92 Å². The second kappa shape index (κ2) is 8.10. The van der Waals surface area contributed by atoms with Gasteiger partial charge in [-0.15, -0.1) is 0 Å². The highest BCUT2D eigenvalue weighted by molar-refractivity contribution is 5.18. The van der Waals surface area contributed by atoms with Gasteiger partial charge in [-0.25, -0.2) is 0 Å². The van der Waals surface area contributed by atoms with Crippen molar-refractivity contribution in [2.75, 3.05) is 6.61 Å². The molecule has 0 unspecified atom stereocenters. The van der Waals surface area contributed by atoms with Gasteiger partial charge in [-0.05, 0) is 31.4 Å². The zero-order valence-electron chi connectivity index (χ0n) is 11.4. The Morgan fingerprint density at radius 2 is 1.88 bits per heavy atom. The normalized spacial score (nSPS) is 10.8. The molecule has 1 heterocycles. The zero-order valence-corrected chi connectivity index (χ0v) is 11.4. The summed E-state index contributed by atoms with van der Waals surface area (Å²) >= 11 is 0. The Bertz CT molecular complexity index is 292. The Kier molecular flexibility index (Phi) is 6.68. The third kappa shape index (κ3) is 6.98. The highest BCUT2D eigenvalue weighted by Gasteiger charge is 1.96. The van der Waals surface area contributed by atoms with E-state index in [9.17, 15) is 0 Å². The van der Waals surface area contributed by atoms with Crippen molar-refractivity contribution in [1.82, 2.24) is 4.98 Å². The van der Waals surface area contributed by atoms with Gasteiger partial charge in [0.1, 0.15) is 5.75 Å². The van der Waals surface area contributed by atoms with Crippen molar-refractivity contribution in [3.8, 4) is 5.75 Å². The SMILES string of the molecule is Cc1ccc(OCCCCCCC(C)C)cn1. The molecule has 0 aromatic carbocycles. The monoisotopic (exact) mass is 235 g/mol. The molecule has 96 valence electrons. The molecule has 0 aliphatic carbocycles. The summed E-state index contributed by atoms with van der Waals surface area (Å²) in [5.41, 5.74) is 1.03. The molecule has 0 bridgehead atoms. The second-order valence-electron chi connectivity index (χ2n) is 5.08. The van der Waals surface area contributed by atoms with Crippen LogP contribution in [0.4, 0.5) is 0 Å². The van der Waals surface area contributed by atoms with Crippen molar-refractivity contribution < 1.29 is 4.74 Å². The lowest BCUT2D eigenvalue weighted by atomic mass is 10.0. The van der Waals surface area contributed by atoms with Gasteiger partial charge >= 0.3 is 0 Å². The van der Waals surface area contributed by atoms with Crippen LogP contribution in [0, 0.1) is 12.8 Å². The molecule has 1 aromatic rings. The van der Waals surface area contributed by atoms with Crippen LogP contribution in [0.2, 0.25) is 0 Å². The van der Waals surface area contributed by atoms with Crippen LogP contribution in [0.25, 0.3) is 0 Å². The lowest BCUT2D eigenvalue weighted by molar-refractivity contribution is 0.302. The first-order valence-corrected chi connectivity index (χ1v) is 6.74. The van der Waals surface area contributed by atoms with E-state index in [1.807, 2.05) is 19.1 Å². The van der Waals surface area contributed by atoms with Gasteiger partial charge in [-0.1, -0.05) is 39.5 Å². The minimum absolute atomic E-state index is 0.812. The number of aryl methyl sites for hydroxylation is 1. The van der Waals surface area contributed by atoms with E-state index in [1.54, 1.807) is 6.20 Å². The number of hydrogen-bond donors (Lipinski definition) is 0. The lowest BCUT2D eigenvalue weighted by Gasteiger charge is -2.06. The Hall–Kier alpha value is -1.05. The summed E-state index contributed by atoms with van der Waals surface area (Å²) < 4.78 is 5.63. The summed E-state index contributed by atoms with van der Waals surface area (Å²) in [6, 6.07) is 3.97. The number of ether oxygens (including phenoxy) is 1. The number of pyridine rings is 1. The number of rotatable bonds is 8. The maximum atomic E-state index is 5.63. The highest BCUT2D eigenvalue weighted by Crippen LogP contribution is 2.11. The quantitative estimate of drug-likeness (QED) is 0.624. The number of hydrogen-bond acceptors (Lipinski definition) is 2. The van der Waals surface area contributed by atoms with Gasteiger partial charge in [-0.3, -0.25) is 4.98 Å². The largest absolute Gasteiger partial charge is 0.492 e. The zero-order chi connectivity index (χ0) is 12.5. The van der Waals surface area contributed by atoms with E-state index in [2.05, 4.69) is 18.8 Å². The third-order valence-electron chi connectivity index (χ3n) is 2.83. The predicted octanol–water partition coefficient (Wildman–Crippen LogP) is 4.38. The maximum Gasteiger partial charge on any atom is 0.137 e. The van der Waals surface area contributed by atoms with Crippen molar-refractivity contribution in [1.29, 1.82) is 0 Å². The van der Waals surface area contributed by atoms with Crippen LogP contribution in [0.1, 0.15) is 51.6 Å². The fourth-order valence-electron chi connectivity index (χ4n) is 1.74. The van der Waals surface area contributed by atoms with Gasteiger partial charge in [0.15, 0.2) is 0 Å². The summed E-state index contributed by atoms with van der Waals surface area (Å²) in [5, 5.41) is 0. The molecule has 2 heteroatoms. The molecule has 0 aliphatic rings. The average Bonchev–Trinajstić information content (AvgIpc) is 2.30. The van der Waals surface area contributed by atoms with E-state index >= 15 is 0 Å². The van der Waals surface area contributed by atoms with E-state index in [0.29, 0.717) is 0 Å². The number of aromatic nitrogens is 1. The van der Waals surface area contributed by atoms with E-state index in [1.165, 1.54) is 25.7 Å². The topological polar surface area (TPSA) is 22.1 Å². The molecule has 0 radical (unpaired) electrons. The van der Waals surface area contributed by atoms with Crippen molar-refractivity contribution >= 4 is 0 Å². The van der Waals surface area contributed by atoms with Crippen LogP contribution in [0.5, 0.6) is 5.75 Å². The van der Waals surface area contributed by atoms with Crippen LogP contribution < -0.4 is 4.74 Å². The Labute approximate surface area is 105 Å². The summed E-state index contributed by atoms with van der Waals surface area (Å²) in [7, 11) is 0. The summed E-state index contributed by atoms with van der Waals surface area (Å²) in [4.78, 5) is 4.20. The molecule has 0 atom stereocenters. The molecule has 0 saturated carbocycles. The van der Waals surface area contributed by atoms with Gasteiger partial charge in [0.05, 0.1) is 12.8 Å². The van der Waals surface area contributed by atoms with Crippen molar-refractivity contribution in [3.63, 3.8) is 0 Å². The van der Waals surface area contributed by atoms with Crippen LogP contribution in [-0.2, 0) is 0 Å². The minimum atomic E-state index is 0.812. The highest BCUT2D eigenvalue weighted by atomic mass is 16.5. The van der Waals surface area contributed by atoms with E-state index < -0.39 is 0 Å². The molecule has 2 nitrogen and oxygen atoms in total. The average molecular weight is 235 g/mol. The van der Waals surface area contributed by atoms with Crippen LogP contribution in [-0.4, -0.2) is 11.6 Å². The third-order valence-corrected chi connectivity index (χ3v) is 2.83. The van der Waals surface area contributed by atoms with Crippen molar-refractivity contribution in [2.45, 2.75) is 52.9 Å². The van der Waals surface area contributed by atoms with E-state index in [-0.39, 0.29) is 0 Å². The van der Waals surface area contributed by atoms with Gasteiger partial charge in [0, 0.05) is 5.69 Å². The predicted molar refractivity (Wildman–Crippen MR) is 72.4 cm³/mol. The smallest absolute Gasteiger partial charge is 0.137 e. The number of nitrogens with zero attached hydrogens (tertiary/aromatic N) is 1. The molecule has 1 rings (SSSR count). The molecule has 17 heavy (non-hydrogen) atoms. The summed E-state index contributed by atoms with van der Waals surface area (Å²) in [5.74, 6) is 1.72. The standard InChI is InChI=1S/C15H25NO/c1-13(2)8-6-4-5-7-11-17-15-10-9-14(3)16-12-15/h9-10,12-13H,4-8,11H2,1-3H3. The van der Waals surface area contributed by atoms with E-state index in [4.69, 9.17) is 4.74 Å². The first-order chi connectivity index (χ1) is 8.18. The first kappa shape index (κ1) is 14.0. The Morgan fingerprint density at radius 3 is 2.53 bits per heavy atom. The Morgan fingerprint density at radius 1 is 1.12 bits per heavy atom. The molecule has 0 N–H and O–H groups in total. The van der Waals surface area contributed by atoms with Crippen molar-refractivity contribution in [3.05, 3.63) is 24.0 Å². The summed E-state index contributed by atoms with van der Waals surface area (Å²) in [6.07, 6.45) is 8.24. The molecule has 1 aromatic heterocycles. The van der Waals surface area contributed by atoms with Crippen LogP contribution >= 0.6 is 0 Å². The molecular weight excluding hydrogens is 210 g/mol. The van der Waals surface area contributed by atoms with Gasteiger partial charge in [0.25, 0.3) is 0 Å². The number of unbranched alkanes of at least 4 members (excludes halogenated alkanes) is 3. The second-order valence-corrected chi connectivity index (χ2v) is 5.08. The van der Waals surface area contributed by atoms with Gasteiger partial charge in [-0.2, -0.15) is 0 Å². The maximum absolute atomic E-state index is 5.63. The molecular formula is C15H25NO. The fraction of sp³-hybridized carbons (Fsp3) is 0.667. The lowest BCUT2D eigenvalue weighted by Crippen LogP contribution is -1.98. The minimum Gasteiger partial charge on any atom is -0.492 e. The van der Waals surface area contributed by atoms with Gasteiger partial charge in [0.2, 0.25) is 0 Å². The summed E-state index contributed by atoms with van der Waals surface area (Å²) in [6.45, 7) is 7.37. The van der Waals surface area contributed by atoms with Gasteiger partial charge < -0.3 is 4.74 Å². The fourth-order valence-corrected chi connectivity index (χ4v) is 1.74. The molecule has 0 aliphatic heterocycles. The van der Waals surface area contributed by atoms with Crippen LogP contribution in [0.3, 0.4) is 0 Å².